The predicted molar refractivity (Wildman–Crippen MR) is 104 cm³/mol. The minimum absolute atomic E-state index is 0.177. The molecule has 0 aliphatic carbocycles. The molecule has 0 radical (unpaired) electrons. The van der Waals surface area contributed by atoms with E-state index in [1.165, 1.54) is 5.56 Å². The molecule has 1 atom stereocenters. The Balaban J connectivity index is 1.40. The van der Waals surface area contributed by atoms with E-state index >= 15 is 0 Å². The van der Waals surface area contributed by atoms with Gasteiger partial charge in [0.25, 0.3) is 0 Å². The smallest absolute Gasteiger partial charge is 0.306 e. The number of aliphatic hydroxyl groups excluding tert-OH is 1. The number of aliphatic carboxylic acids is 1. The van der Waals surface area contributed by atoms with E-state index in [0.717, 1.165) is 50.2 Å². The number of aliphatic hydroxyl groups is 1. The summed E-state index contributed by atoms with van der Waals surface area (Å²) in [5.41, 5.74) is 2.08. The van der Waals surface area contributed by atoms with Crippen molar-refractivity contribution < 1.29 is 19.7 Å². The molecule has 3 rings (SSSR count). The maximum Gasteiger partial charge on any atom is 0.306 e. The van der Waals surface area contributed by atoms with Crippen LogP contribution in [0.2, 0.25) is 0 Å². The van der Waals surface area contributed by atoms with Gasteiger partial charge in [0.05, 0.1) is 5.92 Å². The van der Waals surface area contributed by atoms with Crippen molar-refractivity contribution in [2.75, 3.05) is 26.2 Å². The number of rotatable bonds is 8. The zero-order chi connectivity index (χ0) is 19.1. The van der Waals surface area contributed by atoms with Crippen LogP contribution in [0.1, 0.15) is 30.1 Å². The Bertz CT molecular complexity index is 709. The molecule has 0 bridgehead atoms. The molecule has 1 unspecified atom stereocenters. The minimum atomic E-state index is -0.664. The first kappa shape index (κ1) is 19.4. The van der Waals surface area contributed by atoms with E-state index in [-0.39, 0.29) is 12.5 Å². The first-order chi connectivity index (χ1) is 13.1. The van der Waals surface area contributed by atoms with E-state index in [4.69, 9.17) is 9.84 Å². The molecule has 2 aromatic carbocycles. The molecule has 1 heterocycles. The topological polar surface area (TPSA) is 70.0 Å². The number of hydrogen-bond donors (Lipinski definition) is 2. The molecule has 2 N–H and O–H groups in total. The second kappa shape index (κ2) is 9.53. The van der Waals surface area contributed by atoms with E-state index in [1.807, 2.05) is 54.6 Å². The number of nitrogens with zero attached hydrogens (tertiary/aromatic N) is 1. The quantitative estimate of drug-likeness (QED) is 0.748. The van der Waals surface area contributed by atoms with Crippen molar-refractivity contribution >= 4 is 5.97 Å². The average molecular weight is 369 g/mol. The molecule has 0 aromatic heterocycles. The SMILES string of the molecule is O=C(O)C1CCN(CCc2ccc(OCC(O)c3ccccc3)cc2)CC1. The third kappa shape index (κ3) is 5.81. The van der Waals surface area contributed by atoms with Crippen LogP contribution < -0.4 is 4.74 Å². The normalized spacial score (nSPS) is 16.8. The number of carboxylic acids is 1. The molecule has 0 spiro atoms. The summed E-state index contributed by atoms with van der Waals surface area (Å²) in [7, 11) is 0. The third-order valence-corrected chi connectivity index (χ3v) is 5.17. The zero-order valence-electron chi connectivity index (χ0n) is 15.5. The number of carbonyl (C=O) groups is 1. The molecule has 27 heavy (non-hydrogen) atoms. The fourth-order valence-electron chi connectivity index (χ4n) is 3.39. The van der Waals surface area contributed by atoms with Gasteiger partial charge in [-0.25, -0.2) is 0 Å². The zero-order valence-corrected chi connectivity index (χ0v) is 15.5. The number of piperidine rings is 1. The van der Waals surface area contributed by atoms with Crippen LogP contribution in [0.3, 0.4) is 0 Å². The van der Waals surface area contributed by atoms with Crippen LogP contribution in [0.4, 0.5) is 0 Å². The van der Waals surface area contributed by atoms with Crippen molar-refractivity contribution in [2.45, 2.75) is 25.4 Å². The second-order valence-electron chi connectivity index (χ2n) is 7.09. The monoisotopic (exact) mass is 369 g/mol. The summed E-state index contributed by atoms with van der Waals surface area (Å²) < 4.78 is 5.69. The highest BCUT2D eigenvalue weighted by atomic mass is 16.5. The van der Waals surface area contributed by atoms with Crippen molar-refractivity contribution in [1.29, 1.82) is 0 Å². The van der Waals surface area contributed by atoms with Gasteiger partial charge < -0.3 is 19.8 Å². The number of likely N-dealkylation sites (tertiary alicyclic amines) is 1. The molecule has 144 valence electrons. The molecule has 1 saturated heterocycles. The van der Waals surface area contributed by atoms with E-state index in [1.54, 1.807) is 0 Å². The summed E-state index contributed by atoms with van der Waals surface area (Å²) in [4.78, 5) is 13.3. The van der Waals surface area contributed by atoms with Crippen LogP contribution in [0.5, 0.6) is 5.75 Å². The largest absolute Gasteiger partial charge is 0.491 e. The van der Waals surface area contributed by atoms with Crippen molar-refractivity contribution in [2.24, 2.45) is 5.92 Å². The Morgan fingerprint density at radius 3 is 2.37 bits per heavy atom. The number of ether oxygens (including phenoxy) is 1. The Kier molecular flexibility index (Phi) is 6.85. The fourth-order valence-corrected chi connectivity index (χ4v) is 3.39. The van der Waals surface area contributed by atoms with Crippen molar-refractivity contribution in [3.63, 3.8) is 0 Å². The standard InChI is InChI=1S/C22H27NO4/c24-21(18-4-2-1-3-5-18)16-27-20-8-6-17(7-9-20)10-13-23-14-11-19(12-15-23)22(25)26/h1-9,19,21,24H,10-16H2,(H,25,26). The molecule has 0 saturated carbocycles. The van der Waals surface area contributed by atoms with E-state index in [2.05, 4.69) is 4.90 Å². The van der Waals surface area contributed by atoms with Crippen LogP contribution >= 0.6 is 0 Å². The van der Waals surface area contributed by atoms with Gasteiger partial charge in [0.1, 0.15) is 18.5 Å². The first-order valence-corrected chi connectivity index (χ1v) is 9.52. The molecule has 1 aliphatic rings. The highest BCUT2D eigenvalue weighted by Gasteiger charge is 2.23. The Morgan fingerprint density at radius 1 is 1.07 bits per heavy atom. The maximum atomic E-state index is 11.0. The van der Waals surface area contributed by atoms with Crippen molar-refractivity contribution in [3.05, 3.63) is 65.7 Å². The summed E-state index contributed by atoms with van der Waals surface area (Å²) in [5, 5.41) is 19.2. The van der Waals surface area contributed by atoms with Gasteiger partial charge in [0.15, 0.2) is 0 Å². The van der Waals surface area contributed by atoms with Gasteiger partial charge in [0.2, 0.25) is 0 Å². The van der Waals surface area contributed by atoms with Gasteiger partial charge in [-0.1, -0.05) is 42.5 Å². The lowest BCUT2D eigenvalue weighted by atomic mass is 9.97. The number of benzene rings is 2. The molecule has 2 aromatic rings. The van der Waals surface area contributed by atoms with Crippen molar-refractivity contribution in [1.82, 2.24) is 4.90 Å². The summed E-state index contributed by atoms with van der Waals surface area (Å²) in [6, 6.07) is 17.5. The molecule has 1 fully saturated rings. The summed E-state index contributed by atoms with van der Waals surface area (Å²) in [6.07, 6.45) is 1.78. The fraction of sp³-hybridized carbons (Fsp3) is 0.409. The lowest BCUT2D eigenvalue weighted by Gasteiger charge is -2.29. The third-order valence-electron chi connectivity index (χ3n) is 5.17. The van der Waals surface area contributed by atoms with Crippen molar-refractivity contribution in [3.8, 4) is 5.75 Å². The van der Waals surface area contributed by atoms with Crippen LogP contribution in [-0.4, -0.2) is 47.3 Å². The van der Waals surface area contributed by atoms with Crippen LogP contribution in [0, 0.1) is 5.92 Å². The lowest BCUT2D eigenvalue weighted by molar-refractivity contribution is -0.143. The van der Waals surface area contributed by atoms with Crippen LogP contribution in [0.15, 0.2) is 54.6 Å². The average Bonchev–Trinajstić information content (AvgIpc) is 2.72. The van der Waals surface area contributed by atoms with E-state index in [9.17, 15) is 9.90 Å². The predicted octanol–water partition coefficient (Wildman–Crippen LogP) is 3.14. The molecular weight excluding hydrogens is 342 g/mol. The van der Waals surface area contributed by atoms with Gasteiger partial charge in [-0.2, -0.15) is 0 Å². The van der Waals surface area contributed by atoms with Gasteiger partial charge in [-0.15, -0.1) is 0 Å². The molecule has 1 aliphatic heterocycles. The Labute approximate surface area is 160 Å². The summed E-state index contributed by atoms with van der Waals surface area (Å²) >= 11 is 0. The minimum Gasteiger partial charge on any atom is -0.491 e. The summed E-state index contributed by atoms with van der Waals surface area (Å²) in [5.74, 6) is -0.0949. The molecular formula is C22H27NO4. The first-order valence-electron chi connectivity index (χ1n) is 9.52. The summed E-state index contributed by atoms with van der Waals surface area (Å²) in [6.45, 7) is 2.88. The Hall–Kier alpha value is -2.37. The van der Waals surface area contributed by atoms with E-state index < -0.39 is 12.1 Å². The second-order valence-corrected chi connectivity index (χ2v) is 7.09. The Morgan fingerprint density at radius 2 is 1.74 bits per heavy atom. The van der Waals surface area contributed by atoms with Crippen LogP contribution in [0.25, 0.3) is 0 Å². The lowest BCUT2D eigenvalue weighted by Crippen LogP contribution is -2.37. The van der Waals surface area contributed by atoms with Gasteiger partial charge >= 0.3 is 5.97 Å². The number of hydrogen-bond acceptors (Lipinski definition) is 4. The van der Waals surface area contributed by atoms with Gasteiger partial charge in [-0.3, -0.25) is 4.79 Å². The molecule has 0 amide bonds. The molecule has 5 nitrogen and oxygen atoms in total. The molecule has 5 heteroatoms. The number of carboxylic acid groups (broad SMARTS) is 1. The van der Waals surface area contributed by atoms with Gasteiger partial charge in [-0.05, 0) is 55.6 Å². The van der Waals surface area contributed by atoms with Crippen LogP contribution in [-0.2, 0) is 11.2 Å². The highest BCUT2D eigenvalue weighted by molar-refractivity contribution is 5.70. The van der Waals surface area contributed by atoms with E-state index in [0.29, 0.717) is 0 Å². The maximum absolute atomic E-state index is 11.0. The van der Waals surface area contributed by atoms with Gasteiger partial charge in [0, 0.05) is 6.54 Å². The highest BCUT2D eigenvalue weighted by Crippen LogP contribution is 2.19.